The maximum Gasteiger partial charge on any atom is 0.237 e. The topological polar surface area (TPSA) is 98.7 Å². The largest absolute Gasteiger partial charge is 0.378 e. The number of ether oxygens (including phenoxy) is 1. The van der Waals surface area contributed by atoms with Crippen LogP contribution in [0.4, 0.5) is 0 Å². The van der Waals surface area contributed by atoms with E-state index in [0.29, 0.717) is 26.3 Å². The fourth-order valence-electron chi connectivity index (χ4n) is 1.42. The predicted molar refractivity (Wildman–Crippen MR) is 49.2 cm³/mol. The average molecular weight is 201 g/mol. The second kappa shape index (κ2) is 4.92. The summed E-state index contributed by atoms with van der Waals surface area (Å²) in [6, 6.07) is -0.428. The zero-order valence-corrected chi connectivity index (χ0v) is 7.94. The summed E-state index contributed by atoms with van der Waals surface area (Å²) in [7, 11) is 0. The van der Waals surface area contributed by atoms with Gasteiger partial charge in [-0.05, 0) is 0 Å². The number of carbonyl (C=O) groups excluding carboxylic acids is 2. The molecule has 0 bridgehead atoms. The fraction of sp³-hybridized carbons (Fsp3) is 0.750. The van der Waals surface area contributed by atoms with Gasteiger partial charge in [0.2, 0.25) is 11.8 Å². The third kappa shape index (κ3) is 2.97. The molecule has 0 saturated carbocycles. The van der Waals surface area contributed by atoms with Crippen molar-refractivity contribution in [2.45, 2.75) is 12.5 Å². The predicted octanol–water partition coefficient (Wildman–Crippen LogP) is -1.95. The zero-order valence-electron chi connectivity index (χ0n) is 7.94. The van der Waals surface area contributed by atoms with E-state index < -0.39 is 11.9 Å². The summed E-state index contributed by atoms with van der Waals surface area (Å²) < 4.78 is 5.12. The van der Waals surface area contributed by atoms with Gasteiger partial charge in [0.25, 0.3) is 0 Å². The lowest BCUT2D eigenvalue weighted by Gasteiger charge is -2.32. The van der Waals surface area contributed by atoms with Crippen molar-refractivity contribution in [1.29, 1.82) is 0 Å². The molecule has 80 valence electrons. The van der Waals surface area contributed by atoms with E-state index in [0.717, 1.165) is 0 Å². The summed E-state index contributed by atoms with van der Waals surface area (Å²) in [5, 5.41) is 0. The molecule has 0 aromatic heterocycles. The molecule has 0 radical (unpaired) electrons. The van der Waals surface area contributed by atoms with E-state index in [1.807, 2.05) is 4.90 Å². The molecule has 6 nitrogen and oxygen atoms in total. The fourth-order valence-corrected chi connectivity index (χ4v) is 1.42. The number of rotatable bonds is 4. The van der Waals surface area contributed by atoms with Crippen molar-refractivity contribution in [3.63, 3.8) is 0 Å². The van der Waals surface area contributed by atoms with Crippen LogP contribution in [0.2, 0.25) is 0 Å². The molecule has 0 aromatic rings. The highest BCUT2D eigenvalue weighted by atomic mass is 16.5. The van der Waals surface area contributed by atoms with Gasteiger partial charge in [0.15, 0.2) is 0 Å². The molecule has 0 aromatic carbocycles. The van der Waals surface area contributed by atoms with Gasteiger partial charge in [0.1, 0.15) is 6.04 Å². The first-order valence-corrected chi connectivity index (χ1v) is 4.50. The van der Waals surface area contributed by atoms with E-state index in [-0.39, 0.29) is 12.3 Å². The number of nitrogens with two attached hydrogens (primary N) is 2. The molecule has 6 heteroatoms. The summed E-state index contributed by atoms with van der Waals surface area (Å²) >= 11 is 0. The van der Waals surface area contributed by atoms with E-state index in [9.17, 15) is 9.59 Å². The quantitative estimate of drug-likeness (QED) is 0.552. The van der Waals surface area contributed by atoms with Crippen LogP contribution in [-0.2, 0) is 14.3 Å². The molecular weight excluding hydrogens is 186 g/mol. The Morgan fingerprint density at radius 3 is 2.71 bits per heavy atom. The highest BCUT2D eigenvalue weighted by Gasteiger charge is 2.27. The van der Waals surface area contributed by atoms with Gasteiger partial charge in [0, 0.05) is 19.5 Å². The van der Waals surface area contributed by atoms with Crippen LogP contribution < -0.4 is 11.5 Å². The van der Waals surface area contributed by atoms with Gasteiger partial charge in [-0.15, -0.1) is 0 Å². The van der Waals surface area contributed by atoms with Gasteiger partial charge < -0.3 is 16.2 Å². The minimum atomic E-state index is -0.428. The second-order valence-electron chi connectivity index (χ2n) is 3.25. The van der Waals surface area contributed by atoms with Gasteiger partial charge in [-0.3, -0.25) is 14.5 Å². The normalized spacial score (nSPS) is 23.3. The lowest BCUT2D eigenvalue weighted by molar-refractivity contribution is -0.130. The maximum absolute atomic E-state index is 11.0. The zero-order chi connectivity index (χ0) is 10.6. The first-order chi connectivity index (χ1) is 6.61. The lowest BCUT2D eigenvalue weighted by atomic mass is 10.2. The van der Waals surface area contributed by atoms with Gasteiger partial charge in [-0.1, -0.05) is 0 Å². The standard InChI is InChI=1S/C8H15N3O3/c9-7(12)1-2-11-3-4-14-5-6(11)8(10)13/h6H,1-5H2,(H2,9,12)(H2,10,13). The van der Waals surface area contributed by atoms with Gasteiger partial charge in [-0.2, -0.15) is 0 Å². The van der Waals surface area contributed by atoms with Crippen LogP contribution in [0.15, 0.2) is 0 Å². The number of primary amides is 2. The molecule has 1 fully saturated rings. The molecule has 14 heavy (non-hydrogen) atoms. The van der Waals surface area contributed by atoms with Crippen molar-refractivity contribution >= 4 is 11.8 Å². The molecule has 1 unspecified atom stereocenters. The molecule has 0 aliphatic carbocycles. The first kappa shape index (κ1) is 10.9. The highest BCUT2D eigenvalue weighted by Crippen LogP contribution is 2.06. The molecule has 2 amide bonds. The van der Waals surface area contributed by atoms with Crippen molar-refractivity contribution in [3.8, 4) is 0 Å². The molecule has 1 aliphatic rings. The Bertz CT molecular complexity index is 232. The minimum absolute atomic E-state index is 0.240. The minimum Gasteiger partial charge on any atom is -0.378 e. The Hall–Kier alpha value is -1.14. The maximum atomic E-state index is 11.0. The number of morpholine rings is 1. The Labute approximate surface area is 82.2 Å². The number of nitrogens with zero attached hydrogens (tertiary/aromatic N) is 1. The monoisotopic (exact) mass is 201 g/mol. The summed E-state index contributed by atoms with van der Waals surface area (Å²) in [5.41, 5.74) is 10.2. The lowest BCUT2D eigenvalue weighted by Crippen LogP contribution is -2.53. The van der Waals surface area contributed by atoms with E-state index in [1.165, 1.54) is 0 Å². The number of carbonyl (C=O) groups is 2. The van der Waals surface area contributed by atoms with Crippen LogP contribution in [0.5, 0.6) is 0 Å². The van der Waals surface area contributed by atoms with Crippen molar-refractivity contribution in [1.82, 2.24) is 4.90 Å². The van der Waals surface area contributed by atoms with Crippen LogP contribution in [0.3, 0.4) is 0 Å². The third-order valence-electron chi connectivity index (χ3n) is 2.21. The van der Waals surface area contributed by atoms with Crippen molar-refractivity contribution < 1.29 is 14.3 Å². The Kier molecular flexibility index (Phi) is 3.84. The molecule has 0 spiro atoms. The van der Waals surface area contributed by atoms with Crippen LogP contribution in [0.25, 0.3) is 0 Å². The SMILES string of the molecule is NC(=O)CCN1CCOCC1C(N)=O. The summed E-state index contributed by atoms with van der Waals surface area (Å²) in [6.07, 6.45) is 0.240. The molecule has 1 atom stereocenters. The smallest absolute Gasteiger partial charge is 0.237 e. The van der Waals surface area contributed by atoms with Crippen LogP contribution in [0.1, 0.15) is 6.42 Å². The Morgan fingerprint density at radius 1 is 1.43 bits per heavy atom. The Morgan fingerprint density at radius 2 is 2.14 bits per heavy atom. The number of hydrogen-bond donors (Lipinski definition) is 2. The highest BCUT2D eigenvalue weighted by molar-refractivity contribution is 5.80. The number of amides is 2. The molecular formula is C8H15N3O3. The van der Waals surface area contributed by atoms with Gasteiger partial charge in [-0.25, -0.2) is 0 Å². The van der Waals surface area contributed by atoms with Crippen LogP contribution in [0, 0.1) is 0 Å². The average Bonchev–Trinajstić information content (AvgIpc) is 2.15. The van der Waals surface area contributed by atoms with E-state index in [4.69, 9.17) is 16.2 Å². The third-order valence-corrected chi connectivity index (χ3v) is 2.21. The molecule has 1 saturated heterocycles. The van der Waals surface area contributed by atoms with Gasteiger partial charge in [0.05, 0.1) is 13.2 Å². The second-order valence-corrected chi connectivity index (χ2v) is 3.25. The Balaban J connectivity index is 2.45. The van der Waals surface area contributed by atoms with E-state index in [2.05, 4.69) is 0 Å². The van der Waals surface area contributed by atoms with Crippen LogP contribution in [-0.4, -0.2) is 49.1 Å². The van der Waals surface area contributed by atoms with Crippen molar-refractivity contribution in [2.75, 3.05) is 26.3 Å². The molecule has 1 rings (SSSR count). The van der Waals surface area contributed by atoms with Gasteiger partial charge >= 0.3 is 0 Å². The van der Waals surface area contributed by atoms with E-state index >= 15 is 0 Å². The van der Waals surface area contributed by atoms with E-state index in [1.54, 1.807) is 0 Å². The molecule has 1 aliphatic heterocycles. The number of hydrogen-bond acceptors (Lipinski definition) is 4. The summed E-state index contributed by atoms with van der Waals surface area (Å²) in [6.45, 7) is 1.93. The van der Waals surface area contributed by atoms with Crippen LogP contribution >= 0.6 is 0 Å². The van der Waals surface area contributed by atoms with Crippen molar-refractivity contribution in [3.05, 3.63) is 0 Å². The summed E-state index contributed by atoms with van der Waals surface area (Å²) in [5.74, 6) is -0.797. The summed E-state index contributed by atoms with van der Waals surface area (Å²) in [4.78, 5) is 23.4. The molecule has 4 N–H and O–H groups in total. The molecule has 1 heterocycles. The van der Waals surface area contributed by atoms with Crippen molar-refractivity contribution in [2.24, 2.45) is 11.5 Å². The first-order valence-electron chi connectivity index (χ1n) is 4.50.